The Kier molecular flexibility index (Phi) is 3.27. The molecule has 0 spiro atoms. The molecule has 2 atom stereocenters. The maximum absolute atomic E-state index is 12.8. The Hall–Kier alpha value is -1.45. The summed E-state index contributed by atoms with van der Waals surface area (Å²) in [4.78, 5) is 12.8. The number of rotatable bonds is 1. The van der Waals surface area contributed by atoms with Gasteiger partial charge < -0.3 is 9.84 Å². The van der Waals surface area contributed by atoms with E-state index >= 15 is 0 Å². The van der Waals surface area contributed by atoms with Gasteiger partial charge in [0.2, 0.25) is 0 Å². The Labute approximate surface area is 119 Å². The molecular formula is C17H20O3. The topological polar surface area (TPSA) is 46.5 Å². The molecule has 0 fully saturated rings. The van der Waals surface area contributed by atoms with Gasteiger partial charge >= 0.3 is 0 Å². The number of aliphatic hydroxyl groups is 1. The molecular weight excluding hydrogens is 252 g/mol. The lowest BCUT2D eigenvalue weighted by atomic mass is 9.71. The van der Waals surface area contributed by atoms with Gasteiger partial charge in [-0.1, -0.05) is 29.8 Å². The van der Waals surface area contributed by atoms with Crippen molar-refractivity contribution in [3.8, 4) is 0 Å². The van der Waals surface area contributed by atoms with Crippen LogP contribution < -0.4 is 0 Å². The van der Waals surface area contributed by atoms with Gasteiger partial charge in [0.05, 0.1) is 5.92 Å². The molecule has 3 nitrogen and oxygen atoms in total. The van der Waals surface area contributed by atoms with E-state index in [1.54, 1.807) is 0 Å². The lowest BCUT2D eigenvalue weighted by molar-refractivity contribution is -0.188. The van der Waals surface area contributed by atoms with E-state index in [0.29, 0.717) is 6.42 Å². The predicted molar refractivity (Wildman–Crippen MR) is 76.5 cm³/mol. The van der Waals surface area contributed by atoms with Gasteiger partial charge in [-0.2, -0.15) is 0 Å². The van der Waals surface area contributed by atoms with E-state index in [1.165, 1.54) is 7.11 Å². The number of carbonyl (C=O) groups excluding carboxylic acids is 1. The zero-order valence-corrected chi connectivity index (χ0v) is 12.0. The molecule has 0 saturated carbocycles. The number of allylic oxidation sites excluding steroid dienone is 1. The summed E-state index contributed by atoms with van der Waals surface area (Å²) in [5, 5.41) is 10.9. The molecule has 3 rings (SSSR count). The summed E-state index contributed by atoms with van der Waals surface area (Å²) in [5.74, 6) is -1.91. The molecule has 3 heteroatoms. The van der Waals surface area contributed by atoms with Gasteiger partial charge in [-0.15, -0.1) is 0 Å². The van der Waals surface area contributed by atoms with Gasteiger partial charge in [-0.3, -0.25) is 4.79 Å². The summed E-state index contributed by atoms with van der Waals surface area (Å²) < 4.78 is 5.41. The fraction of sp³-hybridized carbons (Fsp3) is 0.471. The van der Waals surface area contributed by atoms with E-state index in [1.807, 2.05) is 31.2 Å². The van der Waals surface area contributed by atoms with Gasteiger partial charge in [-0.05, 0) is 43.7 Å². The first-order chi connectivity index (χ1) is 9.58. The van der Waals surface area contributed by atoms with Crippen molar-refractivity contribution in [1.82, 2.24) is 0 Å². The minimum Gasteiger partial charge on any atom is -0.361 e. The van der Waals surface area contributed by atoms with Crippen LogP contribution in [-0.4, -0.2) is 23.8 Å². The Morgan fingerprint density at radius 3 is 2.75 bits per heavy atom. The number of Topliss-reactive ketones (excluding diaryl/α,β-unsaturated/α-hetero) is 1. The molecule has 0 amide bonds. The van der Waals surface area contributed by atoms with Crippen LogP contribution in [0.25, 0.3) is 0 Å². The fourth-order valence-electron chi connectivity index (χ4n) is 3.62. The number of methoxy groups -OCH3 is 1. The highest BCUT2D eigenvalue weighted by molar-refractivity contribution is 6.00. The molecule has 2 unspecified atom stereocenters. The van der Waals surface area contributed by atoms with Crippen molar-refractivity contribution in [2.24, 2.45) is 5.92 Å². The summed E-state index contributed by atoms with van der Waals surface area (Å²) in [7, 11) is 1.49. The number of fused-ring (bicyclic) bond motifs is 3. The predicted octanol–water partition coefficient (Wildman–Crippen LogP) is 2.88. The fourth-order valence-corrected chi connectivity index (χ4v) is 3.62. The third-order valence-corrected chi connectivity index (χ3v) is 4.78. The molecule has 2 bridgehead atoms. The molecule has 2 aliphatic rings. The first-order valence-corrected chi connectivity index (χ1v) is 7.16. The average molecular weight is 272 g/mol. The highest BCUT2D eigenvalue weighted by Crippen LogP contribution is 2.44. The van der Waals surface area contributed by atoms with Crippen LogP contribution in [0.3, 0.4) is 0 Å². The molecule has 2 aliphatic carbocycles. The van der Waals surface area contributed by atoms with Crippen molar-refractivity contribution in [1.29, 1.82) is 0 Å². The van der Waals surface area contributed by atoms with Crippen molar-refractivity contribution < 1.29 is 14.6 Å². The van der Waals surface area contributed by atoms with E-state index in [4.69, 9.17) is 4.74 Å². The Morgan fingerprint density at radius 2 is 2.00 bits per heavy atom. The van der Waals surface area contributed by atoms with Crippen LogP contribution in [0.1, 0.15) is 42.1 Å². The quantitative estimate of drug-likeness (QED) is 0.631. The number of hydrogen-bond donors (Lipinski definition) is 1. The monoisotopic (exact) mass is 272 g/mol. The zero-order chi connectivity index (χ0) is 14.3. The number of carbonyl (C=O) groups is 1. The third kappa shape index (κ3) is 1.85. The second-order valence-electron chi connectivity index (χ2n) is 5.77. The Bertz CT molecular complexity index is 588. The summed E-state index contributed by atoms with van der Waals surface area (Å²) >= 11 is 0. The summed E-state index contributed by atoms with van der Waals surface area (Å²) in [5.41, 5.74) is 3.89. The molecule has 0 heterocycles. The summed E-state index contributed by atoms with van der Waals surface area (Å²) in [6, 6.07) is 7.72. The van der Waals surface area contributed by atoms with Crippen LogP contribution in [0.4, 0.5) is 0 Å². The molecule has 1 N–H and O–H groups in total. The van der Waals surface area contributed by atoms with E-state index < -0.39 is 11.7 Å². The van der Waals surface area contributed by atoms with Crippen molar-refractivity contribution in [2.45, 2.75) is 38.4 Å². The standard InChI is InChI=1S/C17H20O3/c1-11-7-9-15-16(18)13-6-4-3-5-12(13)8-10-14(11)17(15,19)20-2/h3-6,15,19H,7-10H2,1-2H3. The first kappa shape index (κ1) is 13.5. The zero-order valence-electron chi connectivity index (χ0n) is 12.0. The van der Waals surface area contributed by atoms with Crippen molar-refractivity contribution in [2.75, 3.05) is 7.11 Å². The number of aryl methyl sites for hydroxylation is 1. The lowest BCUT2D eigenvalue weighted by Crippen LogP contribution is -2.49. The number of hydrogen-bond acceptors (Lipinski definition) is 3. The van der Waals surface area contributed by atoms with Crippen LogP contribution in [-0.2, 0) is 11.2 Å². The molecule has 1 aromatic carbocycles. The van der Waals surface area contributed by atoms with E-state index in [-0.39, 0.29) is 5.78 Å². The van der Waals surface area contributed by atoms with Crippen LogP contribution >= 0.6 is 0 Å². The lowest BCUT2D eigenvalue weighted by Gasteiger charge is -2.42. The van der Waals surface area contributed by atoms with E-state index in [0.717, 1.165) is 41.5 Å². The van der Waals surface area contributed by atoms with Crippen molar-refractivity contribution in [3.05, 3.63) is 46.5 Å². The highest BCUT2D eigenvalue weighted by atomic mass is 16.6. The first-order valence-electron chi connectivity index (χ1n) is 7.16. The Morgan fingerprint density at radius 1 is 1.25 bits per heavy atom. The van der Waals surface area contributed by atoms with Gasteiger partial charge in [-0.25, -0.2) is 0 Å². The number of ketones is 1. The van der Waals surface area contributed by atoms with Gasteiger partial charge in [0.15, 0.2) is 11.6 Å². The van der Waals surface area contributed by atoms with Gasteiger partial charge in [0.1, 0.15) is 0 Å². The largest absolute Gasteiger partial charge is 0.361 e. The molecule has 0 saturated heterocycles. The molecule has 1 aromatic rings. The van der Waals surface area contributed by atoms with Crippen LogP contribution in [0.2, 0.25) is 0 Å². The second kappa shape index (κ2) is 4.83. The molecule has 106 valence electrons. The molecule has 0 aliphatic heterocycles. The maximum atomic E-state index is 12.8. The minimum atomic E-state index is -1.42. The van der Waals surface area contributed by atoms with Crippen LogP contribution in [0.5, 0.6) is 0 Å². The summed E-state index contributed by atoms with van der Waals surface area (Å²) in [6.07, 6.45) is 3.02. The van der Waals surface area contributed by atoms with Gasteiger partial charge in [0.25, 0.3) is 0 Å². The van der Waals surface area contributed by atoms with Crippen molar-refractivity contribution >= 4 is 5.78 Å². The van der Waals surface area contributed by atoms with Crippen LogP contribution in [0, 0.1) is 5.92 Å². The van der Waals surface area contributed by atoms with Gasteiger partial charge in [0, 0.05) is 12.7 Å². The van der Waals surface area contributed by atoms with Crippen LogP contribution in [0.15, 0.2) is 35.4 Å². The number of benzene rings is 1. The Balaban J connectivity index is 2.17. The molecule has 0 aromatic heterocycles. The smallest absolute Gasteiger partial charge is 0.198 e. The summed E-state index contributed by atoms with van der Waals surface area (Å²) in [6.45, 7) is 2.04. The average Bonchev–Trinajstić information content (AvgIpc) is 2.46. The normalized spacial score (nSPS) is 29.8. The SMILES string of the molecule is COC1(O)C2=C(C)CCC1C(=O)c1ccccc1CC2. The highest BCUT2D eigenvalue weighted by Gasteiger charge is 2.48. The maximum Gasteiger partial charge on any atom is 0.198 e. The van der Waals surface area contributed by atoms with E-state index in [2.05, 4.69) is 0 Å². The second-order valence-corrected chi connectivity index (χ2v) is 5.77. The third-order valence-electron chi connectivity index (χ3n) is 4.78. The minimum absolute atomic E-state index is 0.00894. The molecule has 0 radical (unpaired) electrons. The molecule has 20 heavy (non-hydrogen) atoms. The van der Waals surface area contributed by atoms with E-state index in [9.17, 15) is 9.90 Å². The van der Waals surface area contributed by atoms with Crippen molar-refractivity contribution in [3.63, 3.8) is 0 Å². The number of ether oxygens (including phenoxy) is 1.